The molecule has 1 rings (SSSR count). The Bertz CT molecular complexity index is 386. The van der Waals surface area contributed by atoms with Crippen LogP contribution in [0.25, 0.3) is 0 Å². The fraction of sp³-hybridized carbons (Fsp3) is 0.222. The second-order valence-electron chi connectivity index (χ2n) is 3.00. The number of carboxylic acids is 1. The first-order chi connectivity index (χ1) is 6.49. The Kier molecular flexibility index (Phi) is 2.81. The highest BCUT2D eigenvalue weighted by Crippen LogP contribution is 2.16. The molecular weight excluding hydrogens is 186 g/mol. The number of benzene rings is 1. The summed E-state index contributed by atoms with van der Waals surface area (Å²) in [5.74, 6) is -0.995. The van der Waals surface area contributed by atoms with E-state index in [0.717, 1.165) is 0 Å². The van der Waals surface area contributed by atoms with E-state index in [0.29, 0.717) is 11.1 Å². The maximum Gasteiger partial charge on any atom is 0.307 e. The van der Waals surface area contributed by atoms with Gasteiger partial charge in [-0.2, -0.15) is 0 Å². The van der Waals surface area contributed by atoms with E-state index in [1.807, 2.05) is 0 Å². The molecule has 14 heavy (non-hydrogen) atoms. The molecule has 0 aromatic heterocycles. The van der Waals surface area contributed by atoms with Crippen LogP contribution in [0.4, 0.5) is 5.69 Å². The first-order valence-corrected chi connectivity index (χ1v) is 3.96. The van der Waals surface area contributed by atoms with Crippen LogP contribution in [0.2, 0.25) is 0 Å². The van der Waals surface area contributed by atoms with Gasteiger partial charge < -0.3 is 5.11 Å². The second-order valence-corrected chi connectivity index (χ2v) is 3.00. The lowest BCUT2D eigenvalue weighted by atomic mass is 10.1. The number of nitro benzene ring substituents is 1. The number of nitrogens with zero attached hydrogens (tertiary/aromatic N) is 1. The maximum absolute atomic E-state index is 10.4. The van der Waals surface area contributed by atoms with Crippen LogP contribution >= 0.6 is 0 Å². The first-order valence-electron chi connectivity index (χ1n) is 3.96. The van der Waals surface area contributed by atoms with Gasteiger partial charge in [0.25, 0.3) is 5.69 Å². The molecule has 0 spiro atoms. The molecule has 0 aliphatic heterocycles. The fourth-order valence-corrected chi connectivity index (χ4v) is 1.22. The molecule has 0 saturated carbocycles. The third-order valence-corrected chi connectivity index (χ3v) is 1.69. The summed E-state index contributed by atoms with van der Waals surface area (Å²) in [7, 11) is 0. The summed E-state index contributed by atoms with van der Waals surface area (Å²) >= 11 is 0. The van der Waals surface area contributed by atoms with Gasteiger partial charge in [-0.25, -0.2) is 0 Å². The summed E-state index contributed by atoms with van der Waals surface area (Å²) < 4.78 is 0. The molecule has 0 unspecified atom stereocenters. The maximum atomic E-state index is 10.4. The normalized spacial score (nSPS) is 9.79. The lowest BCUT2D eigenvalue weighted by Gasteiger charge is -1.99. The van der Waals surface area contributed by atoms with Crippen LogP contribution in [-0.2, 0) is 11.2 Å². The lowest BCUT2D eigenvalue weighted by molar-refractivity contribution is -0.385. The van der Waals surface area contributed by atoms with Crippen molar-refractivity contribution in [1.82, 2.24) is 0 Å². The topological polar surface area (TPSA) is 80.4 Å². The van der Waals surface area contributed by atoms with E-state index in [-0.39, 0.29) is 12.1 Å². The molecule has 0 radical (unpaired) electrons. The SMILES string of the molecule is Cc1cc(CC(=O)O)cc([N+](=O)[O-])c1. The molecule has 0 fully saturated rings. The molecule has 5 nitrogen and oxygen atoms in total. The molecule has 0 bridgehead atoms. The number of aliphatic carboxylic acids is 1. The molecule has 0 saturated heterocycles. The third kappa shape index (κ3) is 2.55. The monoisotopic (exact) mass is 195 g/mol. The van der Waals surface area contributed by atoms with Gasteiger partial charge in [0, 0.05) is 12.1 Å². The van der Waals surface area contributed by atoms with Crippen molar-refractivity contribution in [1.29, 1.82) is 0 Å². The summed E-state index contributed by atoms with van der Waals surface area (Å²) in [5, 5.41) is 19.0. The highest BCUT2D eigenvalue weighted by molar-refractivity contribution is 5.70. The average molecular weight is 195 g/mol. The smallest absolute Gasteiger partial charge is 0.307 e. The minimum atomic E-state index is -0.995. The van der Waals surface area contributed by atoms with Crippen LogP contribution in [-0.4, -0.2) is 16.0 Å². The summed E-state index contributed by atoms with van der Waals surface area (Å²) in [4.78, 5) is 20.3. The molecule has 1 aromatic carbocycles. The molecule has 1 aromatic rings. The second kappa shape index (κ2) is 3.87. The molecule has 0 aliphatic carbocycles. The van der Waals surface area contributed by atoms with Crippen LogP contribution < -0.4 is 0 Å². The largest absolute Gasteiger partial charge is 0.481 e. The van der Waals surface area contributed by atoms with E-state index in [1.165, 1.54) is 12.1 Å². The van der Waals surface area contributed by atoms with Crippen molar-refractivity contribution in [3.63, 3.8) is 0 Å². The molecule has 0 aliphatic rings. The van der Waals surface area contributed by atoms with Crippen molar-refractivity contribution in [2.75, 3.05) is 0 Å². The molecule has 5 heteroatoms. The number of rotatable bonds is 3. The zero-order valence-electron chi connectivity index (χ0n) is 7.56. The predicted molar refractivity (Wildman–Crippen MR) is 49.2 cm³/mol. The highest BCUT2D eigenvalue weighted by Gasteiger charge is 2.09. The van der Waals surface area contributed by atoms with E-state index in [2.05, 4.69) is 0 Å². The molecular formula is C9H9NO4. The minimum Gasteiger partial charge on any atom is -0.481 e. The quantitative estimate of drug-likeness (QED) is 0.585. The van der Waals surface area contributed by atoms with Crippen molar-refractivity contribution in [3.05, 3.63) is 39.4 Å². The van der Waals surface area contributed by atoms with Gasteiger partial charge in [0.05, 0.1) is 11.3 Å². The number of non-ortho nitro benzene ring substituents is 1. The molecule has 0 atom stereocenters. The van der Waals surface area contributed by atoms with E-state index in [9.17, 15) is 14.9 Å². The Morgan fingerprint density at radius 2 is 2.14 bits per heavy atom. The van der Waals surface area contributed by atoms with Crippen LogP contribution in [0.3, 0.4) is 0 Å². The van der Waals surface area contributed by atoms with Gasteiger partial charge in [0.15, 0.2) is 0 Å². The van der Waals surface area contributed by atoms with Crippen molar-refractivity contribution >= 4 is 11.7 Å². The lowest BCUT2D eigenvalue weighted by Crippen LogP contribution is -2.01. The van der Waals surface area contributed by atoms with E-state index in [1.54, 1.807) is 13.0 Å². The Morgan fingerprint density at radius 1 is 1.50 bits per heavy atom. The average Bonchev–Trinajstić information content (AvgIpc) is 2.01. The Hall–Kier alpha value is -1.91. The molecule has 1 N–H and O–H groups in total. The van der Waals surface area contributed by atoms with E-state index >= 15 is 0 Å². The van der Waals surface area contributed by atoms with Gasteiger partial charge in [-0.3, -0.25) is 14.9 Å². The third-order valence-electron chi connectivity index (χ3n) is 1.69. The van der Waals surface area contributed by atoms with E-state index in [4.69, 9.17) is 5.11 Å². The highest BCUT2D eigenvalue weighted by atomic mass is 16.6. The summed E-state index contributed by atoms with van der Waals surface area (Å²) in [6, 6.07) is 4.31. The minimum absolute atomic E-state index is 0.0683. The van der Waals surface area contributed by atoms with Gasteiger partial charge in [-0.05, 0) is 18.1 Å². The molecule has 0 heterocycles. The van der Waals surface area contributed by atoms with Gasteiger partial charge in [0.1, 0.15) is 0 Å². The number of carbonyl (C=O) groups is 1. The number of hydrogen-bond donors (Lipinski definition) is 1. The molecule has 0 amide bonds. The van der Waals surface area contributed by atoms with Gasteiger partial charge >= 0.3 is 5.97 Å². The fourth-order valence-electron chi connectivity index (χ4n) is 1.22. The van der Waals surface area contributed by atoms with Crippen molar-refractivity contribution in [2.24, 2.45) is 0 Å². The van der Waals surface area contributed by atoms with Crippen molar-refractivity contribution in [2.45, 2.75) is 13.3 Å². The number of nitro groups is 1. The Morgan fingerprint density at radius 3 is 2.64 bits per heavy atom. The zero-order valence-corrected chi connectivity index (χ0v) is 7.56. The van der Waals surface area contributed by atoms with Crippen molar-refractivity contribution < 1.29 is 14.8 Å². The Balaban J connectivity index is 3.07. The number of carboxylic acid groups (broad SMARTS) is 1. The Labute approximate surface area is 80.1 Å². The van der Waals surface area contributed by atoms with Gasteiger partial charge in [0.2, 0.25) is 0 Å². The van der Waals surface area contributed by atoms with Crippen LogP contribution in [0.15, 0.2) is 18.2 Å². The number of hydrogen-bond acceptors (Lipinski definition) is 3. The van der Waals surface area contributed by atoms with Crippen LogP contribution in [0, 0.1) is 17.0 Å². The summed E-state index contributed by atoms with van der Waals surface area (Å²) in [5.41, 5.74) is 1.07. The standard InChI is InChI=1S/C9H9NO4/c1-6-2-7(5-9(11)12)4-8(3-6)10(13)14/h2-4H,5H2,1H3,(H,11,12). The van der Waals surface area contributed by atoms with Crippen LogP contribution in [0.1, 0.15) is 11.1 Å². The van der Waals surface area contributed by atoms with Crippen LogP contribution in [0.5, 0.6) is 0 Å². The first kappa shape index (κ1) is 10.2. The number of aryl methyl sites for hydroxylation is 1. The van der Waals surface area contributed by atoms with Gasteiger partial charge in [-0.15, -0.1) is 0 Å². The summed E-state index contributed by atoms with van der Waals surface area (Å²) in [6.07, 6.45) is -0.192. The van der Waals surface area contributed by atoms with E-state index < -0.39 is 10.9 Å². The van der Waals surface area contributed by atoms with Gasteiger partial charge in [-0.1, -0.05) is 6.07 Å². The molecule has 74 valence electrons. The zero-order chi connectivity index (χ0) is 10.7. The predicted octanol–water partition coefficient (Wildman–Crippen LogP) is 1.53. The summed E-state index contributed by atoms with van der Waals surface area (Å²) in [6.45, 7) is 1.69. The van der Waals surface area contributed by atoms with Crippen molar-refractivity contribution in [3.8, 4) is 0 Å².